The van der Waals surface area contributed by atoms with Gasteiger partial charge in [-0.25, -0.2) is 9.78 Å². The van der Waals surface area contributed by atoms with E-state index in [0.717, 1.165) is 0 Å². The van der Waals surface area contributed by atoms with Crippen LogP contribution in [0.25, 0.3) is 0 Å². The first-order chi connectivity index (χ1) is 10.5. The Morgan fingerprint density at radius 3 is 2.36 bits per heavy atom. The maximum Gasteiger partial charge on any atom is 0.368 e. The number of imide groups is 1. The summed E-state index contributed by atoms with van der Waals surface area (Å²) < 4.78 is 13.6. The Hall–Kier alpha value is -3.09. The van der Waals surface area contributed by atoms with Crippen LogP contribution in [0.2, 0.25) is 0 Å². The number of fused-ring (bicyclic) bond motifs is 1. The number of carbonyl (C=O) groups excluding carboxylic acids is 3. The number of benzene rings is 1. The van der Waals surface area contributed by atoms with Crippen LogP contribution < -0.4 is 0 Å². The van der Waals surface area contributed by atoms with Crippen molar-refractivity contribution in [2.75, 3.05) is 0 Å². The molecule has 3 rings (SSSR count). The minimum atomic E-state index is -1.16. The first-order valence-electron chi connectivity index (χ1n) is 6.31. The van der Waals surface area contributed by atoms with Gasteiger partial charge >= 0.3 is 5.97 Å². The van der Waals surface area contributed by atoms with Crippen LogP contribution in [0.3, 0.4) is 0 Å². The third-order valence-corrected chi connectivity index (χ3v) is 3.13. The Labute approximate surface area is 124 Å². The number of hydroxylamine groups is 2. The predicted molar refractivity (Wildman–Crippen MR) is 71.3 cm³/mol. The van der Waals surface area contributed by atoms with Crippen LogP contribution >= 0.6 is 0 Å². The molecule has 2 aromatic rings. The van der Waals surface area contributed by atoms with E-state index in [2.05, 4.69) is 4.98 Å². The molecule has 0 aliphatic carbocycles. The molecule has 1 aromatic carbocycles. The minimum Gasteiger partial charge on any atom is -0.324 e. The number of amides is 2. The van der Waals surface area contributed by atoms with Crippen molar-refractivity contribution in [2.45, 2.75) is 6.92 Å². The van der Waals surface area contributed by atoms with E-state index < -0.39 is 29.3 Å². The number of pyridine rings is 1. The molecule has 22 heavy (non-hydrogen) atoms. The van der Waals surface area contributed by atoms with E-state index in [9.17, 15) is 18.8 Å². The van der Waals surface area contributed by atoms with Crippen LogP contribution in [-0.2, 0) is 4.84 Å². The summed E-state index contributed by atoms with van der Waals surface area (Å²) in [7, 11) is 0. The highest BCUT2D eigenvalue weighted by atomic mass is 19.1. The van der Waals surface area contributed by atoms with Gasteiger partial charge in [0.2, 0.25) is 5.95 Å². The van der Waals surface area contributed by atoms with Gasteiger partial charge in [-0.05, 0) is 30.7 Å². The molecular weight excluding hydrogens is 291 g/mol. The second-order valence-corrected chi connectivity index (χ2v) is 4.68. The maximum absolute atomic E-state index is 13.6. The monoisotopic (exact) mass is 300 g/mol. The minimum absolute atomic E-state index is 0.128. The van der Waals surface area contributed by atoms with Crippen molar-refractivity contribution in [2.24, 2.45) is 0 Å². The molecule has 0 saturated carbocycles. The van der Waals surface area contributed by atoms with Crippen molar-refractivity contribution in [1.82, 2.24) is 10.0 Å². The molecule has 0 fully saturated rings. The van der Waals surface area contributed by atoms with E-state index in [1.54, 1.807) is 19.1 Å². The molecule has 0 atom stereocenters. The van der Waals surface area contributed by atoms with Gasteiger partial charge < -0.3 is 4.84 Å². The third-order valence-electron chi connectivity index (χ3n) is 3.13. The zero-order chi connectivity index (χ0) is 15.9. The zero-order valence-corrected chi connectivity index (χ0v) is 11.4. The highest BCUT2D eigenvalue weighted by Gasteiger charge is 2.39. The van der Waals surface area contributed by atoms with E-state index in [1.165, 1.54) is 24.4 Å². The van der Waals surface area contributed by atoms with Gasteiger partial charge in [0.1, 0.15) is 5.56 Å². The number of carbonyl (C=O) groups is 3. The largest absolute Gasteiger partial charge is 0.368 e. The molecule has 110 valence electrons. The molecule has 2 amide bonds. The normalized spacial score (nSPS) is 13.3. The van der Waals surface area contributed by atoms with E-state index in [0.29, 0.717) is 10.6 Å². The van der Waals surface area contributed by atoms with Crippen LogP contribution in [0, 0.1) is 12.9 Å². The topological polar surface area (TPSA) is 76.6 Å². The van der Waals surface area contributed by atoms with Gasteiger partial charge in [0.25, 0.3) is 11.8 Å². The van der Waals surface area contributed by atoms with Gasteiger partial charge in [-0.1, -0.05) is 17.2 Å². The van der Waals surface area contributed by atoms with Crippen LogP contribution in [0.5, 0.6) is 0 Å². The number of nitrogens with zero attached hydrogens (tertiary/aromatic N) is 2. The van der Waals surface area contributed by atoms with Crippen LogP contribution in [0.4, 0.5) is 4.39 Å². The Morgan fingerprint density at radius 1 is 1.18 bits per heavy atom. The van der Waals surface area contributed by atoms with Crippen molar-refractivity contribution in [3.05, 3.63) is 64.7 Å². The summed E-state index contributed by atoms with van der Waals surface area (Å²) in [4.78, 5) is 44.2. The molecule has 0 bridgehead atoms. The van der Waals surface area contributed by atoms with E-state index in [4.69, 9.17) is 4.84 Å². The lowest BCUT2D eigenvalue weighted by Gasteiger charge is -2.12. The first-order valence-corrected chi connectivity index (χ1v) is 6.31. The van der Waals surface area contributed by atoms with Gasteiger partial charge in [-0.2, -0.15) is 4.39 Å². The average Bonchev–Trinajstić information content (AvgIpc) is 2.75. The Kier molecular flexibility index (Phi) is 3.17. The van der Waals surface area contributed by atoms with E-state index in [1.807, 2.05) is 0 Å². The quantitative estimate of drug-likeness (QED) is 0.625. The molecule has 7 heteroatoms. The number of halogens is 1. The molecule has 0 radical (unpaired) electrons. The second-order valence-electron chi connectivity index (χ2n) is 4.68. The van der Waals surface area contributed by atoms with E-state index in [-0.39, 0.29) is 11.1 Å². The third kappa shape index (κ3) is 2.12. The predicted octanol–water partition coefficient (Wildman–Crippen LogP) is 1.90. The van der Waals surface area contributed by atoms with Crippen molar-refractivity contribution in [1.29, 1.82) is 0 Å². The molecule has 0 unspecified atom stereocenters. The van der Waals surface area contributed by atoms with Crippen molar-refractivity contribution < 1.29 is 23.6 Å². The number of hydrogen-bond donors (Lipinski definition) is 0. The average molecular weight is 300 g/mol. The van der Waals surface area contributed by atoms with Crippen LogP contribution in [0.15, 0.2) is 36.5 Å². The summed E-state index contributed by atoms with van der Waals surface area (Å²) in [5.41, 5.74) is 0.346. The highest BCUT2D eigenvalue weighted by molar-refractivity contribution is 6.21. The number of rotatable bonds is 2. The lowest BCUT2D eigenvalue weighted by Crippen LogP contribution is -2.33. The molecule has 1 aromatic heterocycles. The summed E-state index contributed by atoms with van der Waals surface area (Å²) in [5.74, 6) is -3.74. The SMILES string of the molecule is Cc1cnc(F)c(C(=O)ON2C(=O)c3ccccc3C2=O)c1. The summed E-state index contributed by atoms with van der Waals surface area (Å²) in [6, 6.07) is 7.28. The molecule has 0 spiro atoms. The molecular formula is C15H9FN2O4. The molecule has 0 saturated heterocycles. The maximum atomic E-state index is 13.6. The Morgan fingerprint density at radius 2 is 1.77 bits per heavy atom. The number of hydrogen-bond acceptors (Lipinski definition) is 5. The Bertz CT molecular complexity index is 784. The molecule has 1 aliphatic rings. The fraction of sp³-hybridized carbons (Fsp3) is 0.0667. The van der Waals surface area contributed by atoms with Crippen LogP contribution in [0.1, 0.15) is 36.6 Å². The van der Waals surface area contributed by atoms with Gasteiger partial charge in [-0.15, -0.1) is 0 Å². The van der Waals surface area contributed by atoms with Gasteiger partial charge in [0.15, 0.2) is 0 Å². The van der Waals surface area contributed by atoms with Gasteiger partial charge in [0.05, 0.1) is 11.1 Å². The molecule has 2 heterocycles. The van der Waals surface area contributed by atoms with E-state index >= 15 is 0 Å². The second kappa shape index (κ2) is 5.03. The van der Waals surface area contributed by atoms with Gasteiger partial charge in [0, 0.05) is 6.20 Å². The molecule has 1 aliphatic heterocycles. The standard InChI is InChI=1S/C15H9FN2O4/c1-8-6-11(12(16)17-7-8)15(21)22-18-13(19)9-4-2-3-5-10(9)14(18)20/h2-7H,1H3. The summed E-state index contributed by atoms with van der Waals surface area (Å²) >= 11 is 0. The number of aromatic nitrogens is 1. The summed E-state index contributed by atoms with van der Waals surface area (Å²) in [6.07, 6.45) is 1.24. The fourth-order valence-corrected chi connectivity index (χ4v) is 2.08. The van der Waals surface area contributed by atoms with Crippen molar-refractivity contribution in [3.63, 3.8) is 0 Å². The van der Waals surface area contributed by atoms with Crippen molar-refractivity contribution >= 4 is 17.8 Å². The fourth-order valence-electron chi connectivity index (χ4n) is 2.08. The van der Waals surface area contributed by atoms with Crippen LogP contribution in [-0.4, -0.2) is 27.8 Å². The summed E-state index contributed by atoms with van der Waals surface area (Å²) in [5, 5.41) is 0.328. The zero-order valence-electron chi connectivity index (χ0n) is 11.4. The highest BCUT2D eigenvalue weighted by Crippen LogP contribution is 2.23. The summed E-state index contributed by atoms with van der Waals surface area (Å²) in [6.45, 7) is 1.62. The molecule has 0 N–H and O–H groups in total. The first kappa shape index (κ1) is 13.9. The lowest BCUT2D eigenvalue weighted by molar-refractivity contribution is -0.0588. The van der Waals surface area contributed by atoms with Gasteiger partial charge in [-0.3, -0.25) is 9.59 Å². The molecule has 6 nitrogen and oxygen atoms in total. The number of aryl methyl sites for hydroxylation is 1. The lowest BCUT2D eigenvalue weighted by atomic mass is 10.1. The smallest absolute Gasteiger partial charge is 0.324 e. The Balaban J connectivity index is 1.89. The van der Waals surface area contributed by atoms with Crippen molar-refractivity contribution in [3.8, 4) is 0 Å².